The van der Waals surface area contributed by atoms with Gasteiger partial charge in [0, 0.05) is 13.1 Å². The van der Waals surface area contributed by atoms with Crippen LogP contribution in [0.25, 0.3) is 0 Å². The number of carbonyl (C=O) groups excluding carboxylic acids is 1. The van der Waals surface area contributed by atoms with E-state index in [2.05, 4.69) is 0 Å². The van der Waals surface area contributed by atoms with E-state index in [1.54, 1.807) is 0 Å². The molecule has 84 valence electrons. The highest BCUT2D eigenvalue weighted by Gasteiger charge is 2.53. The van der Waals surface area contributed by atoms with Gasteiger partial charge in [0.25, 0.3) is 0 Å². The van der Waals surface area contributed by atoms with Crippen molar-refractivity contribution >= 4 is 16.0 Å². The highest BCUT2D eigenvalue weighted by atomic mass is 32.2. The Labute approximate surface area is 80.4 Å². The molecule has 0 aromatic rings. The van der Waals surface area contributed by atoms with Gasteiger partial charge in [-0.2, -0.15) is 17.2 Å². The number of alkyl halides is 2. The normalized spacial score (nSPS) is 12.6. The molecule has 0 atom stereocenters. The van der Waals surface area contributed by atoms with Gasteiger partial charge in [-0.15, -0.1) is 0 Å². The summed E-state index contributed by atoms with van der Waals surface area (Å²) in [5.74, 6) is -1.91. The fourth-order valence-corrected chi connectivity index (χ4v) is 1.15. The summed E-state index contributed by atoms with van der Waals surface area (Å²) in [4.78, 5) is 11.5. The van der Waals surface area contributed by atoms with Crippen LogP contribution in [0.4, 0.5) is 8.78 Å². The molecule has 1 N–H and O–H groups in total. The summed E-state index contributed by atoms with van der Waals surface area (Å²) in [6.45, 7) is 2.73. The molecule has 1 amide bonds. The summed E-state index contributed by atoms with van der Waals surface area (Å²) < 4.78 is 53.9. The molecule has 0 spiro atoms. The average Bonchev–Trinajstić information content (AvgIpc) is 2.04. The number of hydrogen-bond donors (Lipinski definition) is 1. The Morgan fingerprint density at radius 1 is 1.36 bits per heavy atom. The van der Waals surface area contributed by atoms with Gasteiger partial charge in [-0.1, -0.05) is 0 Å². The van der Waals surface area contributed by atoms with Crippen molar-refractivity contribution in [3.05, 3.63) is 0 Å². The molecule has 0 unspecified atom stereocenters. The van der Waals surface area contributed by atoms with Crippen LogP contribution in [-0.4, -0.2) is 42.1 Å². The van der Waals surface area contributed by atoms with Crippen molar-refractivity contribution in [3.8, 4) is 0 Å². The lowest BCUT2D eigenvalue weighted by molar-refractivity contribution is -0.147. The third-order valence-corrected chi connectivity index (χ3v) is 2.45. The van der Waals surface area contributed by atoms with Crippen LogP contribution < -0.4 is 0 Å². The first kappa shape index (κ1) is 13.2. The largest absolute Gasteiger partial charge is 0.446 e. The quantitative estimate of drug-likeness (QED) is 0.708. The molecule has 0 aliphatic carbocycles. The molecular weight excluding hydrogens is 220 g/mol. The Bertz CT molecular complexity index is 310. The fraction of sp³-hybridized carbons (Fsp3) is 0.833. The Kier molecular flexibility index (Phi) is 3.95. The van der Waals surface area contributed by atoms with Gasteiger partial charge in [0.2, 0.25) is 0 Å². The zero-order valence-corrected chi connectivity index (χ0v) is 8.51. The van der Waals surface area contributed by atoms with E-state index in [9.17, 15) is 22.0 Å². The van der Waals surface area contributed by atoms with Gasteiger partial charge >= 0.3 is 21.3 Å². The summed E-state index contributed by atoms with van der Waals surface area (Å²) in [6, 6.07) is 0. The predicted octanol–water partition coefficient (Wildman–Crippen LogP) is 0.335. The Hall–Kier alpha value is -0.760. The summed E-state index contributed by atoms with van der Waals surface area (Å²) in [5.41, 5.74) is 0. The second-order valence-electron chi connectivity index (χ2n) is 2.47. The van der Waals surface area contributed by atoms with Gasteiger partial charge in [-0.3, -0.25) is 9.35 Å². The van der Waals surface area contributed by atoms with E-state index in [0.29, 0.717) is 4.90 Å². The predicted molar refractivity (Wildman–Crippen MR) is 44.4 cm³/mol. The van der Waals surface area contributed by atoms with Gasteiger partial charge in [0.05, 0.1) is 0 Å². The van der Waals surface area contributed by atoms with Crippen LogP contribution >= 0.6 is 0 Å². The van der Waals surface area contributed by atoms with Crippen LogP contribution in [0.1, 0.15) is 13.8 Å². The molecule has 0 saturated carbocycles. The zero-order chi connectivity index (χ0) is 11.6. The standard InChI is InChI=1S/C6H11F2NO4S/c1-3-9(4-2)5(10)6(7,8)14(11,12)13/h3-4H2,1-2H3,(H,11,12,13). The van der Waals surface area contributed by atoms with Crippen LogP contribution in [0.2, 0.25) is 0 Å². The van der Waals surface area contributed by atoms with Crippen molar-refractivity contribution in [2.24, 2.45) is 0 Å². The average molecular weight is 231 g/mol. The first-order valence-corrected chi connectivity index (χ1v) is 5.26. The first-order chi connectivity index (χ1) is 6.18. The maximum Gasteiger partial charge on any atom is 0.446 e. The van der Waals surface area contributed by atoms with Crippen LogP contribution in [0, 0.1) is 0 Å². The smallest absolute Gasteiger partial charge is 0.337 e. The monoisotopic (exact) mass is 231 g/mol. The Morgan fingerprint density at radius 2 is 1.71 bits per heavy atom. The number of nitrogens with zero attached hydrogens (tertiary/aromatic N) is 1. The summed E-state index contributed by atoms with van der Waals surface area (Å²) >= 11 is 0. The van der Waals surface area contributed by atoms with E-state index < -0.39 is 21.3 Å². The molecular formula is C6H11F2NO4S. The van der Waals surface area contributed by atoms with E-state index in [0.717, 1.165) is 0 Å². The number of carbonyl (C=O) groups is 1. The maximum absolute atomic E-state index is 12.7. The SMILES string of the molecule is CCN(CC)C(=O)C(F)(F)S(=O)(=O)O. The van der Waals surface area contributed by atoms with Crippen LogP contribution in [-0.2, 0) is 14.9 Å². The number of hydrogen-bond acceptors (Lipinski definition) is 3. The highest BCUT2D eigenvalue weighted by Crippen LogP contribution is 2.23. The Morgan fingerprint density at radius 3 is 1.93 bits per heavy atom. The van der Waals surface area contributed by atoms with Gasteiger partial charge in [-0.05, 0) is 13.8 Å². The summed E-state index contributed by atoms with van der Waals surface area (Å²) in [5, 5.41) is -4.76. The summed E-state index contributed by atoms with van der Waals surface area (Å²) in [7, 11) is -5.69. The van der Waals surface area contributed by atoms with Gasteiger partial charge in [0.15, 0.2) is 0 Å². The van der Waals surface area contributed by atoms with Crippen LogP contribution in [0.15, 0.2) is 0 Å². The summed E-state index contributed by atoms with van der Waals surface area (Å²) in [6.07, 6.45) is 0. The second kappa shape index (κ2) is 4.18. The maximum atomic E-state index is 12.7. The topological polar surface area (TPSA) is 74.7 Å². The van der Waals surface area contributed by atoms with E-state index in [1.165, 1.54) is 13.8 Å². The molecule has 8 heteroatoms. The molecule has 0 saturated heterocycles. The molecule has 0 bridgehead atoms. The minimum absolute atomic E-state index is 0.0551. The minimum Gasteiger partial charge on any atom is -0.337 e. The van der Waals surface area contributed by atoms with Gasteiger partial charge < -0.3 is 4.90 Å². The van der Waals surface area contributed by atoms with E-state index in [1.807, 2.05) is 0 Å². The third-order valence-electron chi connectivity index (χ3n) is 1.62. The number of amides is 1. The molecule has 14 heavy (non-hydrogen) atoms. The number of rotatable bonds is 4. The van der Waals surface area contributed by atoms with E-state index in [4.69, 9.17) is 4.55 Å². The number of halogens is 2. The van der Waals surface area contributed by atoms with Crippen LogP contribution in [0.5, 0.6) is 0 Å². The third kappa shape index (κ3) is 2.38. The van der Waals surface area contributed by atoms with Crippen LogP contribution in [0.3, 0.4) is 0 Å². The van der Waals surface area contributed by atoms with Crippen molar-refractivity contribution in [2.75, 3.05) is 13.1 Å². The van der Waals surface area contributed by atoms with Crippen molar-refractivity contribution in [2.45, 2.75) is 19.1 Å². The highest BCUT2D eigenvalue weighted by molar-refractivity contribution is 7.87. The fourth-order valence-electron chi connectivity index (χ4n) is 0.805. The van der Waals surface area contributed by atoms with E-state index >= 15 is 0 Å². The molecule has 0 heterocycles. The Balaban J connectivity index is 5.03. The molecule has 5 nitrogen and oxygen atoms in total. The molecule has 0 radical (unpaired) electrons. The van der Waals surface area contributed by atoms with Gasteiger partial charge in [-0.25, -0.2) is 0 Å². The zero-order valence-electron chi connectivity index (χ0n) is 7.70. The first-order valence-electron chi connectivity index (χ1n) is 3.82. The lowest BCUT2D eigenvalue weighted by atomic mass is 10.4. The van der Waals surface area contributed by atoms with Gasteiger partial charge in [0.1, 0.15) is 0 Å². The van der Waals surface area contributed by atoms with E-state index in [-0.39, 0.29) is 13.1 Å². The molecule has 0 aliphatic heterocycles. The molecule has 0 aromatic carbocycles. The lowest BCUT2D eigenvalue weighted by Crippen LogP contribution is -2.47. The minimum atomic E-state index is -5.69. The van der Waals surface area contributed by atoms with Crippen molar-refractivity contribution in [3.63, 3.8) is 0 Å². The molecule has 0 aliphatic rings. The molecule has 0 fully saturated rings. The molecule has 0 rings (SSSR count). The van der Waals surface area contributed by atoms with Crippen molar-refractivity contribution in [1.82, 2.24) is 4.90 Å². The van der Waals surface area contributed by atoms with Crippen molar-refractivity contribution < 1.29 is 26.5 Å². The van der Waals surface area contributed by atoms with Crippen molar-refractivity contribution in [1.29, 1.82) is 0 Å². The lowest BCUT2D eigenvalue weighted by Gasteiger charge is -2.22. The second-order valence-corrected chi connectivity index (χ2v) is 3.93. The molecule has 0 aromatic heterocycles.